The summed E-state index contributed by atoms with van der Waals surface area (Å²) in [5, 5.41) is 16.3. The van der Waals surface area contributed by atoms with E-state index in [2.05, 4.69) is 90.3 Å². The Bertz CT molecular complexity index is 881. The molecule has 1 N–H and O–H groups in total. The van der Waals surface area contributed by atoms with Gasteiger partial charge in [0.2, 0.25) is 0 Å². The first kappa shape index (κ1) is 21.0. The Kier molecular flexibility index (Phi) is 6.24. The molecule has 3 rings (SSSR count). The van der Waals surface area contributed by atoms with E-state index in [9.17, 15) is 5.11 Å². The topological polar surface area (TPSA) is 47.3 Å². The van der Waals surface area contributed by atoms with Gasteiger partial charge in [0.05, 0.1) is 23.4 Å². The molecule has 1 heterocycles. The SMILES string of the molecule is Cn1nc(CO)c(Br)c1CO[Si](c1ccccc1)(c1ccccc1)C(C)(C)C. The fraction of sp³-hybridized carbons (Fsp3) is 0.318. The van der Waals surface area contributed by atoms with E-state index in [0.29, 0.717) is 12.3 Å². The number of hydrogen-bond donors (Lipinski definition) is 1. The Morgan fingerprint density at radius 3 is 1.89 bits per heavy atom. The Morgan fingerprint density at radius 2 is 1.50 bits per heavy atom. The number of rotatable bonds is 6. The van der Waals surface area contributed by atoms with Gasteiger partial charge >= 0.3 is 0 Å². The smallest absolute Gasteiger partial charge is 0.261 e. The van der Waals surface area contributed by atoms with Crippen molar-refractivity contribution in [1.29, 1.82) is 0 Å². The summed E-state index contributed by atoms with van der Waals surface area (Å²) in [6.07, 6.45) is 0. The fourth-order valence-electron chi connectivity index (χ4n) is 3.79. The van der Waals surface area contributed by atoms with Gasteiger partial charge in [-0.15, -0.1) is 0 Å². The lowest BCUT2D eigenvalue weighted by Gasteiger charge is -2.43. The standard InChI is InChI=1S/C22H27BrN2O2Si/c1-22(2,3)28(17-11-7-5-8-12-17,18-13-9-6-10-14-18)27-16-20-21(23)19(15-26)24-25(20)4/h5-14,26H,15-16H2,1-4H3. The molecule has 28 heavy (non-hydrogen) atoms. The minimum Gasteiger partial charge on any atom is -0.401 e. The summed E-state index contributed by atoms with van der Waals surface area (Å²) < 4.78 is 9.54. The van der Waals surface area contributed by atoms with Gasteiger partial charge in [0.1, 0.15) is 5.69 Å². The second-order valence-electron chi connectivity index (χ2n) is 7.94. The van der Waals surface area contributed by atoms with Crippen molar-refractivity contribution in [1.82, 2.24) is 9.78 Å². The molecular weight excluding hydrogens is 432 g/mol. The van der Waals surface area contributed by atoms with Crippen LogP contribution in [0, 0.1) is 0 Å². The van der Waals surface area contributed by atoms with Gasteiger partial charge in [0.15, 0.2) is 0 Å². The lowest BCUT2D eigenvalue weighted by molar-refractivity contribution is 0.274. The summed E-state index contributed by atoms with van der Waals surface area (Å²) >= 11 is 3.59. The lowest BCUT2D eigenvalue weighted by atomic mass is 10.2. The molecule has 6 heteroatoms. The van der Waals surface area contributed by atoms with Gasteiger partial charge in [-0.1, -0.05) is 81.4 Å². The maximum absolute atomic E-state index is 9.53. The summed E-state index contributed by atoms with van der Waals surface area (Å²) in [4.78, 5) is 0. The molecule has 4 nitrogen and oxygen atoms in total. The van der Waals surface area contributed by atoms with Crippen molar-refractivity contribution in [3.05, 3.63) is 76.5 Å². The van der Waals surface area contributed by atoms with Crippen molar-refractivity contribution in [3.8, 4) is 0 Å². The highest BCUT2D eigenvalue weighted by Crippen LogP contribution is 2.37. The first-order valence-corrected chi connectivity index (χ1v) is 12.1. The molecule has 0 aliphatic heterocycles. The predicted octanol–water partition coefficient (Wildman–Crippen LogP) is 3.75. The van der Waals surface area contributed by atoms with Crippen molar-refractivity contribution in [3.63, 3.8) is 0 Å². The summed E-state index contributed by atoms with van der Waals surface area (Å²) in [5.41, 5.74) is 1.56. The second-order valence-corrected chi connectivity index (χ2v) is 13.0. The van der Waals surface area contributed by atoms with Gasteiger partial charge < -0.3 is 9.53 Å². The Morgan fingerprint density at radius 1 is 1.00 bits per heavy atom. The number of nitrogens with zero attached hydrogens (tertiary/aromatic N) is 2. The van der Waals surface area contributed by atoms with Gasteiger partial charge in [-0.25, -0.2) is 0 Å². The maximum atomic E-state index is 9.53. The molecule has 0 amide bonds. The zero-order valence-electron chi connectivity index (χ0n) is 16.8. The van der Waals surface area contributed by atoms with E-state index >= 15 is 0 Å². The van der Waals surface area contributed by atoms with E-state index in [1.54, 1.807) is 4.68 Å². The molecule has 0 radical (unpaired) electrons. The Labute approximate surface area is 176 Å². The molecule has 0 aliphatic carbocycles. The predicted molar refractivity (Wildman–Crippen MR) is 119 cm³/mol. The molecule has 0 aliphatic rings. The molecule has 0 saturated heterocycles. The summed E-state index contributed by atoms with van der Waals surface area (Å²) in [6, 6.07) is 21.1. The Hall–Kier alpha value is -1.73. The quantitative estimate of drug-likeness (QED) is 0.572. The molecule has 2 aromatic carbocycles. The van der Waals surface area contributed by atoms with E-state index in [-0.39, 0.29) is 11.6 Å². The largest absolute Gasteiger partial charge is 0.401 e. The van der Waals surface area contributed by atoms with E-state index in [1.807, 2.05) is 19.2 Å². The van der Waals surface area contributed by atoms with Crippen LogP contribution in [0.1, 0.15) is 32.2 Å². The molecule has 3 aromatic rings. The zero-order valence-corrected chi connectivity index (χ0v) is 19.4. The van der Waals surface area contributed by atoms with Crippen LogP contribution in [0.4, 0.5) is 0 Å². The highest BCUT2D eigenvalue weighted by Gasteiger charge is 2.50. The summed E-state index contributed by atoms with van der Waals surface area (Å²) in [5.74, 6) is 0. The van der Waals surface area contributed by atoms with E-state index in [0.717, 1.165) is 10.2 Å². The molecule has 0 atom stereocenters. The van der Waals surface area contributed by atoms with Crippen LogP contribution in [0.15, 0.2) is 65.1 Å². The molecule has 148 valence electrons. The number of aryl methyl sites for hydroxylation is 1. The second kappa shape index (κ2) is 8.33. The fourth-order valence-corrected chi connectivity index (χ4v) is 8.87. The van der Waals surface area contributed by atoms with Gasteiger partial charge in [-0.3, -0.25) is 4.68 Å². The van der Waals surface area contributed by atoms with Crippen LogP contribution in [0.3, 0.4) is 0 Å². The van der Waals surface area contributed by atoms with E-state index < -0.39 is 8.32 Å². The van der Waals surface area contributed by atoms with Crippen LogP contribution in [-0.2, 0) is 24.7 Å². The van der Waals surface area contributed by atoms with Crippen molar-refractivity contribution in [2.24, 2.45) is 7.05 Å². The van der Waals surface area contributed by atoms with Gasteiger partial charge in [-0.2, -0.15) is 5.10 Å². The third-order valence-electron chi connectivity index (χ3n) is 5.16. The van der Waals surface area contributed by atoms with E-state index in [1.165, 1.54) is 10.4 Å². The number of aliphatic hydroxyl groups is 1. The average molecular weight is 459 g/mol. The summed E-state index contributed by atoms with van der Waals surface area (Å²) in [7, 11) is -0.720. The maximum Gasteiger partial charge on any atom is 0.261 e. The number of aliphatic hydroxyl groups excluding tert-OH is 1. The van der Waals surface area contributed by atoms with E-state index in [4.69, 9.17) is 4.43 Å². The first-order chi connectivity index (χ1) is 13.3. The highest BCUT2D eigenvalue weighted by atomic mass is 79.9. The Balaban J connectivity index is 2.13. The average Bonchev–Trinajstić information content (AvgIpc) is 2.96. The molecule has 0 fully saturated rings. The zero-order chi connectivity index (χ0) is 20.4. The first-order valence-electron chi connectivity index (χ1n) is 9.37. The van der Waals surface area contributed by atoms with Crippen LogP contribution in [0.2, 0.25) is 5.04 Å². The van der Waals surface area contributed by atoms with Crippen molar-refractivity contribution in [2.75, 3.05) is 0 Å². The van der Waals surface area contributed by atoms with Crippen molar-refractivity contribution >= 4 is 34.6 Å². The van der Waals surface area contributed by atoms with Crippen molar-refractivity contribution < 1.29 is 9.53 Å². The van der Waals surface area contributed by atoms with Gasteiger partial charge in [0, 0.05) is 7.05 Å². The van der Waals surface area contributed by atoms with Crippen LogP contribution < -0.4 is 10.4 Å². The highest BCUT2D eigenvalue weighted by molar-refractivity contribution is 9.10. The third kappa shape index (κ3) is 3.74. The summed E-state index contributed by atoms with van der Waals surface area (Å²) in [6.45, 7) is 7.09. The van der Waals surface area contributed by atoms with Crippen LogP contribution in [0.25, 0.3) is 0 Å². The van der Waals surface area contributed by atoms with Crippen molar-refractivity contribution in [2.45, 2.75) is 39.0 Å². The molecule has 1 aromatic heterocycles. The molecule has 0 saturated carbocycles. The number of hydrogen-bond acceptors (Lipinski definition) is 3. The molecule has 0 bridgehead atoms. The van der Waals surface area contributed by atoms with Crippen LogP contribution >= 0.6 is 15.9 Å². The molecule has 0 unspecified atom stereocenters. The lowest BCUT2D eigenvalue weighted by Crippen LogP contribution is -2.66. The van der Waals surface area contributed by atoms with Gasteiger partial charge in [-0.05, 0) is 31.3 Å². The number of aromatic nitrogens is 2. The number of benzene rings is 2. The molecular formula is C22H27BrN2O2Si. The molecule has 0 spiro atoms. The minimum atomic E-state index is -2.60. The van der Waals surface area contributed by atoms with Gasteiger partial charge in [0.25, 0.3) is 8.32 Å². The third-order valence-corrected chi connectivity index (χ3v) is 11.1. The number of halogens is 1. The monoisotopic (exact) mass is 458 g/mol. The van der Waals surface area contributed by atoms with Crippen LogP contribution in [0.5, 0.6) is 0 Å². The minimum absolute atomic E-state index is 0.0828. The normalized spacial score (nSPS) is 12.4. The van der Waals surface area contributed by atoms with Crippen LogP contribution in [-0.4, -0.2) is 23.2 Å².